The molecule has 2 bridgehead atoms. The van der Waals surface area contributed by atoms with E-state index >= 15 is 0 Å². The summed E-state index contributed by atoms with van der Waals surface area (Å²) in [7, 11) is 0. The molecule has 0 N–H and O–H groups in total. The molecule has 33 heavy (non-hydrogen) atoms. The number of amides is 1. The molecule has 0 aliphatic carbocycles. The summed E-state index contributed by atoms with van der Waals surface area (Å²) in [6, 6.07) is 5.72. The Labute approximate surface area is 191 Å². The van der Waals surface area contributed by atoms with Crippen molar-refractivity contribution in [1.82, 2.24) is 19.7 Å². The monoisotopic (exact) mass is 453 g/mol. The smallest absolute Gasteiger partial charge is 0.410 e. The minimum Gasteiger partial charge on any atom is -0.462 e. The Kier molecular flexibility index (Phi) is 5.02. The van der Waals surface area contributed by atoms with Crippen molar-refractivity contribution in [2.75, 3.05) is 24.6 Å². The van der Waals surface area contributed by atoms with Crippen LogP contribution in [-0.4, -0.2) is 69.1 Å². The average molecular weight is 453 g/mol. The number of fused-ring (bicyclic) bond motifs is 3. The lowest BCUT2D eigenvalue weighted by atomic mass is 9.88. The van der Waals surface area contributed by atoms with Gasteiger partial charge in [0, 0.05) is 25.5 Å². The Balaban J connectivity index is 1.43. The van der Waals surface area contributed by atoms with E-state index in [1.54, 1.807) is 42.2 Å². The number of nitrogens with zero attached hydrogens (tertiary/aromatic N) is 5. The van der Waals surface area contributed by atoms with E-state index in [2.05, 4.69) is 10.1 Å². The van der Waals surface area contributed by atoms with Crippen molar-refractivity contribution in [2.45, 2.75) is 51.8 Å². The second kappa shape index (κ2) is 7.79. The second-order valence-corrected chi connectivity index (χ2v) is 9.35. The summed E-state index contributed by atoms with van der Waals surface area (Å²) in [6.45, 7) is 8.85. The van der Waals surface area contributed by atoms with E-state index in [-0.39, 0.29) is 24.8 Å². The van der Waals surface area contributed by atoms with Gasteiger partial charge in [0.2, 0.25) is 0 Å². The normalized spacial score (nSPS) is 20.0. The third kappa shape index (κ3) is 3.90. The molecule has 10 heteroatoms. The highest BCUT2D eigenvalue weighted by atomic mass is 16.6. The molecule has 6 rings (SSSR count). The number of piperidine rings is 1. The van der Waals surface area contributed by atoms with Crippen LogP contribution in [0.5, 0.6) is 0 Å². The van der Waals surface area contributed by atoms with Crippen LogP contribution in [0.25, 0.3) is 16.8 Å². The van der Waals surface area contributed by atoms with Crippen LogP contribution >= 0.6 is 0 Å². The molecule has 3 aromatic rings. The molecular weight excluding hydrogens is 426 g/mol. The number of hydrogen-bond donors (Lipinski definition) is 0. The van der Waals surface area contributed by atoms with Gasteiger partial charge in [0.05, 0.1) is 24.3 Å². The first-order valence-corrected chi connectivity index (χ1v) is 11.1. The van der Waals surface area contributed by atoms with Crippen LogP contribution in [0, 0.1) is 0 Å². The summed E-state index contributed by atoms with van der Waals surface area (Å²) in [5.74, 6) is -0.426. The molecule has 3 fully saturated rings. The van der Waals surface area contributed by atoms with Crippen molar-refractivity contribution in [3.8, 4) is 5.69 Å². The summed E-state index contributed by atoms with van der Waals surface area (Å²) < 4.78 is 18.5. The summed E-state index contributed by atoms with van der Waals surface area (Å²) in [5.41, 5.74) is 1.54. The van der Waals surface area contributed by atoms with Gasteiger partial charge in [-0.3, -0.25) is 4.90 Å². The Bertz CT molecular complexity index is 1180. The van der Waals surface area contributed by atoms with E-state index in [0.717, 1.165) is 6.42 Å². The Morgan fingerprint density at radius 3 is 2.61 bits per heavy atom. The number of carbonyl (C=O) groups excluding carboxylic acids is 2. The minimum absolute atomic E-state index is 0.0503. The molecule has 3 saturated heterocycles. The first-order chi connectivity index (χ1) is 15.7. The van der Waals surface area contributed by atoms with E-state index in [1.807, 2.05) is 30.6 Å². The molecule has 10 nitrogen and oxygen atoms in total. The van der Waals surface area contributed by atoms with Gasteiger partial charge in [-0.2, -0.15) is 10.1 Å². The predicted octanol–water partition coefficient (Wildman–Crippen LogP) is 3.39. The maximum Gasteiger partial charge on any atom is 0.410 e. The fraction of sp³-hybridized carbons (Fsp3) is 0.478. The largest absolute Gasteiger partial charge is 0.462 e. The number of hydrogen-bond acceptors (Lipinski definition) is 8. The Morgan fingerprint density at radius 2 is 1.97 bits per heavy atom. The molecule has 0 saturated carbocycles. The molecule has 1 amide bonds. The highest BCUT2D eigenvalue weighted by molar-refractivity contribution is 5.96. The van der Waals surface area contributed by atoms with E-state index < -0.39 is 11.6 Å². The molecular formula is C23H27N5O5. The summed E-state index contributed by atoms with van der Waals surface area (Å²) in [4.78, 5) is 33.5. The molecule has 174 valence electrons. The van der Waals surface area contributed by atoms with Gasteiger partial charge >= 0.3 is 12.1 Å². The maximum atomic E-state index is 12.6. The summed E-state index contributed by atoms with van der Waals surface area (Å²) in [5, 5.41) is 4.29. The number of rotatable bonds is 4. The van der Waals surface area contributed by atoms with E-state index in [4.69, 9.17) is 13.9 Å². The molecule has 0 spiro atoms. The van der Waals surface area contributed by atoms with Gasteiger partial charge in [-0.05, 0) is 52.3 Å². The summed E-state index contributed by atoms with van der Waals surface area (Å²) in [6.07, 6.45) is 4.09. The highest BCUT2D eigenvalue weighted by Gasteiger charge is 2.49. The second-order valence-electron chi connectivity index (χ2n) is 9.35. The highest BCUT2D eigenvalue weighted by Crippen LogP contribution is 2.37. The number of benzene rings is 1. The molecule has 3 aliphatic rings. The fourth-order valence-corrected chi connectivity index (χ4v) is 4.43. The van der Waals surface area contributed by atoms with Crippen LogP contribution < -0.4 is 4.90 Å². The van der Waals surface area contributed by atoms with Gasteiger partial charge in [-0.25, -0.2) is 14.3 Å². The lowest BCUT2D eigenvalue weighted by Gasteiger charge is -2.55. The van der Waals surface area contributed by atoms with Crippen molar-refractivity contribution < 1.29 is 23.5 Å². The van der Waals surface area contributed by atoms with Crippen LogP contribution in [-0.2, 0) is 9.47 Å². The first-order valence-electron chi connectivity index (χ1n) is 11.1. The van der Waals surface area contributed by atoms with E-state index in [0.29, 0.717) is 41.5 Å². The Morgan fingerprint density at radius 1 is 1.21 bits per heavy atom. The zero-order valence-electron chi connectivity index (χ0n) is 19.1. The number of aromatic nitrogens is 3. The van der Waals surface area contributed by atoms with Crippen LogP contribution in [0.3, 0.4) is 0 Å². The molecule has 0 radical (unpaired) electrons. The zero-order valence-corrected chi connectivity index (χ0v) is 19.1. The molecule has 3 aliphatic heterocycles. The van der Waals surface area contributed by atoms with Crippen LogP contribution in [0.2, 0.25) is 0 Å². The van der Waals surface area contributed by atoms with Crippen molar-refractivity contribution in [3.63, 3.8) is 0 Å². The van der Waals surface area contributed by atoms with Crippen molar-refractivity contribution in [2.24, 2.45) is 0 Å². The van der Waals surface area contributed by atoms with E-state index in [1.165, 1.54) is 0 Å². The number of esters is 1. The van der Waals surface area contributed by atoms with E-state index in [9.17, 15) is 9.59 Å². The van der Waals surface area contributed by atoms with Crippen LogP contribution in [0.1, 0.15) is 44.5 Å². The molecule has 1 aromatic carbocycles. The third-order valence-electron chi connectivity index (χ3n) is 5.79. The Hall–Kier alpha value is -3.56. The minimum atomic E-state index is -0.527. The molecule has 2 unspecified atom stereocenters. The lowest BCUT2D eigenvalue weighted by Crippen LogP contribution is -2.70. The van der Waals surface area contributed by atoms with Crippen molar-refractivity contribution in [1.29, 1.82) is 0 Å². The number of piperazine rings is 1. The first kappa shape index (κ1) is 21.3. The molecule has 2 aromatic heterocycles. The SMILES string of the molecule is CCOC(=O)c1cc(-n2cccn2)c2oc(N3CC4CC(C3)N4C(=O)OC(C)(C)C)nc2c1. The topological polar surface area (TPSA) is 103 Å². The number of carbonyl (C=O) groups is 2. The average Bonchev–Trinajstić information content (AvgIpc) is 3.42. The quantitative estimate of drug-likeness (QED) is 0.554. The van der Waals surface area contributed by atoms with Gasteiger partial charge in [-0.15, -0.1) is 0 Å². The van der Waals surface area contributed by atoms with Gasteiger partial charge in [0.25, 0.3) is 6.01 Å². The maximum absolute atomic E-state index is 12.6. The van der Waals surface area contributed by atoms with Crippen LogP contribution in [0.15, 0.2) is 35.0 Å². The van der Waals surface area contributed by atoms with Gasteiger partial charge in [0.1, 0.15) is 16.8 Å². The van der Waals surface area contributed by atoms with Gasteiger partial charge in [-0.1, -0.05) is 0 Å². The van der Waals surface area contributed by atoms with Crippen LogP contribution in [0.4, 0.5) is 10.8 Å². The van der Waals surface area contributed by atoms with Gasteiger partial charge < -0.3 is 18.8 Å². The zero-order chi connectivity index (χ0) is 23.3. The predicted molar refractivity (Wildman–Crippen MR) is 120 cm³/mol. The number of anilines is 1. The molecule has 2 atom stereocenters. The van der Waals surface area contributed by atoms with Crippen molar-refractivity contribution in [3.05, 3.63) is 36.2 Å². The van der Waals surface area contributed by atoms with Gasteiger partial charge in [0.15, 0.2) is 5.58 Å². The number of oxazole rings is 1. The molecule has 5 heterocycles. The van der Waals surface area contributed by atoms with Crippen molar-refractivity contribution >= 4 is 29.2 Å². The number of ether oxygens (including phenoxy) is 2. The summed E-state index contributed by atoms with van der Waals surface area (Å²) >= 11 is 0. The fourth-order valence-electron chi connectivity index (χ4n) is 4.43. The standard InChI is InChI=1S/C23H27N5O5/c1-5-31-20(29)14-9-17-19(18(10-14)27-8-6-7-24-27)32-21(25-17)26-12-15-11-16(13-26)28(15)22(30)33-23(2,3)4/h6-10,15-16H,5,11-13H2,1-4H3. The lowest BCUT2D eigenvalue weighted by molar-refractivity contribution is -0.0386. The third-order valence-corrected chi connectivity index (χ3v) is 5.79.